The normalized spacial score (nSPS) is 10.1. The Morgan fingerprint density at radius 2 is 2.31 bits per heavy atom. The molecule has 2 heterocycles. The molecular weight excluding hydrogens is 272 g/mol. The Hall–Kier alpha value is -1.62. The molecule has 5 heteroatoms. The highest BCUT2D eigenvalue weighted by atomic mass is 79.9. The minimum Gasteiger partial charge on any atom is -0.459 e. The summed E-state index contributed by atoms with van der Waals surface area (Å²) in [6.45, 7) is 1.82. The molecule has 2 aromatic rings. The molecule has 0 aliphatic heterocycles. The number of hydrogen-bond donors (Lipinski definition) is 1. The molecule has 0 radical (unpaired) electrons. The highest BCUT2D eigenvalue weighted by molar-refractivity contribution is 9.10. The molecule has 2 aromatic heterocycles. The van der Waals surface area contributed by atoms with Crippen LogP contribution in [0.1, 0.15) is 16.1 Å². The third kappa shape index (κ3) is 2.14. The van der Waals surface area contributed by atoms with Crippen LogP contribution >= 0.6 is 15.9 Å². The second-order valence-corrected chi connectivity index (χ2v) is 4.10. The molecule has 82 valence electrons. The van der Waals surface area contributed by atoms with Gasteiger partial charge in [-0.2, -0.15) is 0 Å². The second kappa shape index (κ2) is 4.49. The monoisotopic (exact) mass is 280 g/mol. The lowest BCUT2D eigenvalue weighted by molar-refractivity contribution is 0.0996. The molecule has 2 rings (SSSR count). The van der Waals surface area contributed by atoms with Gasteiger partial charge in [-0.05, 0) is 35.0 Å². The van der Waals surface area contributed by atoms with Gasteiger partial charge < -0.3 is 9.73 Å². The van der Waals surface area contributed by atoms with E-state index in [-0.39, 0.29) is 5.91 Å². The molecular formula is C11H9BrN2O2. The van der Waals surface area contributed by atoms with E-state index < -0.39 is 0 Å². The molecule has 1 N–H and O–H groups in total. The van der Waals surface area contributed by atoms with Gasteiger partial charge in [-0.1, -0.05) is 0 Å². The molecule has 0 bridgehead atoms. The largest absolute Gasteiger partial charge is 0.459 e. The third-order valence-corrected chi connectivity index (χ3v) is 2.72. The summed E-state index contributed by atoms with van der Waals surface area (Å²) in [6, 6.07) is 3.46. The molecule has 0 fully saturated rings. The molecule has 0 aliphatic carbocycles. The number of anilines is 1. The zero-order chi connectivity index (χ0) is 11.5. The van der Waals surface area contributed by atoms with E-state index in [1.54, 1.807) is 24.5 Å². The van der Waals surface area contributed by atoms with Crippen LogP contribution in [0.5, 0.6) is 0 Å². The van der Waals surface area contributed by atoms with Gasteiger partial charge in [-0.25, -0.2) is 0 Å². The number of nitrogens with one attached hydrogen (secondary N) is 1. The van der Waals surface area contributed by atoms with Crippen molar-refractivity contribution in [2.24, 2.45) is 0 Å². The average molecular weight is 281 g/mol. The van der Waals surface area contributed by atoms with Crippen LogP contribution in [0.15, 0.2) is 39.7 Å². The first-order valence-corrected chi connectivity index (χ1v) is 5.43. The van der Waals surface area contributed by atoms with Gasteiger partial charge in [-0.3, -0.25) is 9.78 Å². The van der Waals surface area contributed by atoms with E-state index in [2.05, 4.69) is 26.2 Å². The maximum atomic E-state index is 11.8. The molecule has 16 heavy (non-hydrogen) atoms. The number of rotatable bonds is 2. The maximum Gasteiger partial charge on any atom is 0.291 e. The Balaban J connectivity index is 2.21. The number of carbonyl (C=O) groups excluding carboxylic acids is 1. The van der Waals surface area contributed by atoms with Crippen molar-refractivity contribution in [1.29, 1.82) is 0 Å². The van der Waals surface area contributed by atoms with Crippen LogP contribution in [-0.4, -0.2) is 10.9 Å². The van der Waals surface area contributed by atoms with Crippen molar-refractivity contribution >= 4 is 27.5 Å². The summed E-state index contributed by atoms with van der Waals surface area (Å²) < 4.78 is 5.82. The lowest BCUT2D eigenvalue weighted by atomic mass is 10.2. The van der Waals surface area contributed by atoms with Crippen molar-refractivity contribution in [3.8, 4) is 0 Å². The van der Waals surface area contributed by atoms with Crippen LogP contribution in [0.25, 0.3) is 0 Å². The quantitative estimate of drug-likeness (QED) is 0.920. The topological polar surface area (TPSA) is 55.1 Å². The van der Waals surface area contributed by atoms with Crippen molar-refractivity contribution in [3.63, 3.8) is 0 Å². The predicted octanol–water partition coefficient (Wildman–Crippen LogP) is 3.00. The van der Waals surface area contributed by atoms with Crippen LogP contribution in [0.2, 0.25) is 0 Å². The lowest BCUT2D eigenvalue weighted by Crippen LogP contribution is -2.12. The van der Waals surface area contributed by atoms with Crippen LogP contribution in [0, 0.1) is 6.92 Å². The zero-order valence-corrected chi connectivity index (χ0v) is 10.1. The first-order valence-electron chi connectivity index (χ1n) is 4.63. The van der Waals surface area contributed by atoms with Gasteiger partial charge >= 0.3 is 0 Å². The Morgan fingerprint density at radius 1 is 1.50 bits per heavy atom. The van der Waals surface area contributed by atoms with E-state index in [0.717, 1.165) is 10.0 Å². The van der Waals surface area contributed by atoms with Crippen molar-refractivity contribution in [2.75, 3.05) is 5.32 Å². The summed E-state index contributed by atoms with van der Waals surface area (Å²) in [5, 5.41) is 2.73. The van der Waals surface area contributed by atoms with E-state index in [1.807, 2.05) is 6.92 Å². The van der Waals surface area contributed by atoms with Crippen molar-refractivity contribution < 1.29 is 9.21 Å². The summed E-state index contributed by atoms with van der Waals surface area (Å²) in [5.74, 6) is 0.0538. The van der Waals surface area contributed by atoms with Crippen molar-refractivity contribution in [2.45, 2.75) is 6.92 Å². The van der Waals surface area contributed by atoms with E-state index in [4.69, 9.17) is 4.42 Å². The number of hydrogen-bond acceptors (Lipinski definition) is 3. The Bertz CT molecular complexity index is 522. The van der Waals surface area contributed by atoms with E-state index in [9.17, 15) is 4.79 Å². The fraction of sp³-hybridized carbons (Fsp3) is 0.0909. The summed E-state index contributed by atoms with van der Waals surface area (Å²) in [4.78, 5) is 15.7. The predicted molar refractivity (Wildman–Crippen MR) is 63.3 cm³/mol. The summed E-state index contributed by atoms with van der Waals surface area (Å²) >= 11 is 3.30. The zero-order valence-electron chi connectivity index (χ0n) is 8.53. The van der Waals surface area contributed by atoms with Crippen LogP contribution in [-0.2, 0) is 0 Å². The van der Waals surface area contributed by atoms with Gasteiger partial charge in [0.05, 0.1) is 16.4 Å². The van der Waals surface area contributed by atoms with E-state index in [1.165, 1.54) is 6.26 Å². The highest BCUT2D eigenvalue weighted by Crippen LogP contribution is 2.21. The number of aromatic nitrogens is 1. The Kier molecular flexibility index (Phi) is 3.05. The number of aryl methyl sites for hydroxylation is 1. The molecule has 1 amide bonds. The van der Waals surface area contributed by atoms with Gasteiger partial charge in [0.25, 0.3) is 5.91 Å². The SMILES string of the molecule is Cc1ccoc1C(=O)Nc1ccncc1Br. The molecule has 4 nitrogen and oxygen atoms in total. The van der Waals surface area contributed by atoms with Gasteiger partial charge in [0.2, 0.25) is 0 Å². The van der Waals surface area contributed by atoms with Crippen LogP contribution in [0.4, 0.5) is 5.69 Å². The van der Waals surface area contributed by atoms with Gasteiger partial charge in [0, 0.05) is 18.0 Å². The fourth-order valence-corrected chi connectivity index (χ4v) is 1.61. The number of carbonyl (C=O) groups is 1. The number of amides is 1. The van der Waals surface area contributed by atoms with Gasteiger partial charge in [0.15, 0.2) is 5.76 Å². The summed E-state index contributed by atoms with van der Waals surface area (Å²) in [6.07, 6.45) is 4.71. The highest BCUT2D eigenvalue weighted by Gasteiger charge is 2.13. The van der Waals surface area contributed by atoms with Gasteiger partial charge in [-0.15, -0.1) is 0 Å². The Labute approximate surface area is 101 Å². The van der Waals surface area contributed by atoms with E-state index in [0.29, 0.717) is 11.4 Å². The molecule has 0 aliphatic rings. The number of furan rings is 1. The molecule has 0 spiro atoms. The molecule has 0 unspecified atom stereocenters. The minimum atomic E-state index is -0.269. The second-order valence-electron chi connectivity index (χ2n) is 3.24. The smallest absolute Gasteiger partial charge is 0.291 e. The van der Waals surface area contributed by atoms with Gasteiger partial charge in [0.1, 0.15) is 0 Å². The standard InChI is InChI=1S/C11H9BrN2O2/c1-7-3-5-16-10(7)11(15)14-9-2-4-13-6-8(9)12/h2-6H,1H3,(H,13,14,15). The van der Waals surface area contributed by atoms with Crippen molar-refractivity contribution in [3.05, 3.63) is 46.6 Å². The van der Waals surface area contributed by atoms with Crippen LogP contribution in [0.3, 0.4) is 0 Å². The number of nitrogens with zero attached hydrogens (tertiary/aromatic N) is 1. The maximum absolute atomic E-state index is 11.8. The summed E-state index contributed by atoms with van der Waals surface area (Å²) in [7, 11) is 0. The average Bonchev–Trinajstić information content (AvgIpc) is 2.68. The number of halogens is 1. The fourth-order valence-electron chi connectivity index (χ4n) is 1.26. The number of pyridine rings is 1. The van der Waals surface area contributed by atoms with E-state index >= 15 is 0 Å². The first-order chi connectivity index (χ1) is 7.68. The third-order valence-electron chi connectivity index (χ3n) is 2.09. The minimum absolute atomic E-state index is 0.269. The Morgan fingerprint density at radius 3 is 2.94 bits per heavy atom. The molecule has 0 atom stereocenters. The summed E-state index contributed by atoms with van der Waals surface area (Å²) in [5.41, 5.74) is 1.47. The van der Waals surface area contributed by atoms with Crippen molar-refractivity contribution in [1.82, 2.24) is 4.98 Å². The molecule has 0 aromatic carbocycles. The molecule has 0 saturated carbocycles. The van der Waals surface area contributed by atoms with Crippen LogP contribution < -0.4 is 5.32 Å². The lowest BCUT2D eigenvalue weighted by Gasteiger charge is -2.05. The first kappa shape index (κ1) is 10.9. The molecule has 0 saturated heterocycles.